The lowest BCUT2D eigenvalue weighted by atomic mass is 9.78. The summed E-state index contributed by atoms with van der Waals surface area (Å²) in [5, 5.41) is 3.06. The first-order valence-corrected chi connectivity index (χ1v) is 14.5. The van der Waals surface area contributed by atoms with Crippen molar-refractivity contribution in [2.75, 3.05) is 25.9 Å². The van der Waals surface area contributed by atoms with Gasteiger partial charge in [-0.1, -0.05) is 29.3 Å². The second-order valence-corrected chi connectivity index (χ2v) is 12.3. The van der Waals surface area contributed by atoms with Crippen LogP contribution in [0.2, 0.25) is 10.0 Å². The molecule has 1 unspecified atom stereocenters. The summed E-state index contributed by atoms with van der Waals surface area (Å²) in [6, 6.07) is 6.70. The number of amides is 1. The van der Waals surface area contributed by atoms with Crippen molar-refractivity contribution in [3.8, 4) is 0 Å². The summed E-state index contributed by atoms with van der Waals surface area (Å²) >= 11 is 12.3. The molecule has 6 nitrogen and oxygen atoms in total. The van der Waals surface area contributed by atoms with Gasteiger partial charge in [-0.2, -0.15) is 13.2 Å². The van der Waals surface area contributed by atoms with E-state index in [0.717, 1.165) is 18.4 Å². The van der Waals surface area contributed by atoms with Crippen LogP contribution in [0.5, 0.6) is 0 Å². The quantitative estimate of drug-likeness (QED) is 0.393. The zero-order valence-electron chi connectivity index (χ0n) is 20.8. The Bertz CT molecular complexity index is 1270. The summed E-state index contributed by atoms with van der Waals surface area (Å²) in [7, 11) is -3.31. The molecule has 1 aliphatic heterocycles. The number of piperidine rings is 1. The number of sulfonamides is 1. The van der Waals surface area contributed by atoms with Crippen molar-refractivity contribution in [2.45, 2.75) is 50.4 Å². The van der Waals surface area contributed by atoms with Crippen molar-refractivity contribution in [2.24, 2.45) is 0 Å². The summed E-state index contributed by atoms with van der Waals surface area (Å²) < 4.78 is 79.6. The number of nitrogens with zero attached hydrogens (tertiary/aromatic N) is 1. The van der Waals surface area contributed by atoms with Crippen LogP contribution >= 0.6 is 23.2 Å². The van der Waals surface area contributed by atoms with Crippen LogP contribution in [-0.4, -0.2) is 51.2 Å². The molecule has 3 rings (SSSR count). The molecule has 1 saturated heterocycles. The topological polar surface area (TPSA) is 78.5 Å². The van der Waals surface area contributed by atoms with E-state index in [-0.39, 0.29) is 28.1 Å². The molecule has 2 aromatic rings. The van der Waals surface area contributed by atoms with Gasteiger partial charge in [0.1, 0.15) is 5.82 Å². The second-order valence-electron chi connectivity index (χ2n) is 9.70. The Morgan fingerprint density at radius 3 is 2.32 bits per heavy atom. The average Bonchev–Trinajstić information content (AvgIpc) is 2.81. The zero-order valence-corrected chi connectivity index (χ0v) is 23.2. The summed E-state index contributed by atoms with van der Waals surface area (Å²) in [5.41, 5.74) is -2.10. The number of alkyl halides is 3. The predicted octanol–water partition coefficient (Wildman–Crippen LogP) is 5.13. The first-order chi connectivity index (χ1) is 17.6. The molecule has 1 aliphatic rings. The van der Waals surface area contributed by atoms with Crippen molar-refractivity contribution >= 4 is 39.1 Å². The van der Waals surface area contributed by atoms with Crippen LogP contribution in [0.4, 0.5) is 17.6 Å². The highest BCUT2D eigenvalue weighted by atomic mass is 35.5. The van der Waals surface area contributed by atoms with E-state index in [1.165, 1.54) is 0 Å². The Kier molecular flexibility index (Phi) is 9.73. The van der Waals surface area contributed by atoms with Gasteiger partial charge in [-0.25, -0.2) is 17.5 Å². The molecule has 13 heteroatoms. The molecule has 0 saturated carbocycles. The Morgan fingerprint density at radius 2 is 1.74 bits per heavy atom. The third-order valence-electron chi connectivity index (χ3n) is 6.77. The van der Waals surface area contributed by atoms with E-state index in [1.807, 2.05) is 0 Å². The van der Waals surface area contributed by atoms with Crippen molar-refractivity contribution in [3.05, 3.63) is 69.0 Å². The molecule has 38 heavy (non-hydrogen) atoms. The van der Waals surface area contributed by atoms with Gasteiger partial charge in [0, 0.05) is 12.6 Å². The summed E-state index contributed by atoms with van der Waals surface area (Å²) in [5.74, 6) is -1.40. The van der Waals surface area contributed by atoms with Crippen LogP contribution in [0.15, 0.2) is 36.4 Å². The first kappa shape index (κ1) is 30.6. The maximum Gasteiger partial charge on any atom is 0.416 e. The second kappa shape index (κ2) is 12.1. The number of halogens is 6. The van der Waals surface area contributed by atoms with E-state index in [2.05, 4.69) is 14.9 Å². The Labute approximate surface area is 229 Å². The van der Waals surface area contributed by atoms with E-state index in [0.29, 0.717) is 44.1 Å². The molecule has 1 amide bonds. The molecule has 1 fully saturated rings. The highest BCUT2D eigenvalue weighted by Crippen LogP contribution is 2.35. The minimum atomic E-state index is -4.71. The normalized spacial score (nSPS) is 17.3. The van der Waals surface area contributed by atoms with Gasteiger partial charge < -0.3 is 10.2 Å². The number of rotatable bonds is 9. The lowest BCUT2D eigenvalue weighted by Gasteiger charge is -2.35. The maximum absolute atomic E-state index is 13.7. The van der Waals surface area contributed by atoms with Crippen LogP contribution in [0.25, 0.3) is 0 Å². The Hall–Kier alpha value is -1.92. The van der Waals surface area contributed by atoms with Crippen molar-refractivity contribution in [1.29, 1.82) is 0 Å². The zero-order chi connectivity index (χ0) is 28.3. The third kappa shape index (κ3) is 8.05. The molecular weight excluding hydrogens is 569 g/mol. The Morgan fingerprint density at radius 1 is 1.08 bits per heavy atom. The fourth-order valence-electron chi connectivity index (χ4n) is 4.54. The summed E-state index contributed by atoms with van der Waals surface area (Å²) in [4.78, 5) is 15.6. The smallest absolute Gasteiger partial charge is 0.351 e. The molecule has 0 aliphatic carbocycles. The van der Waals surface area contributed by atoms with E-state index >= 15 is 0 Å². The van der Waals surface area contributed by atoms with E-state index in [4.69, 9.17) is 23.2 Å². The molecular formula is C25H29Cl2F4N3O3S. The lowest BCUT2D eigenvalue weighted by Crippen LogP contribution is -2.47. The van der Waals surface area contributed by atoms with Gasteiger partial charge in [0.2, 0.25) is 15.9 Å². The molecule has 0 bridgehead atoms. The van der Waals surface area contributed by atoms with Crippen LogP contribution in [0.3, 0.4) is 0 Å². The Balaban J connectivity index is 1.78. The van der Waals surface area contributed by atoms with Gasteiger partial charge in [0.15, 0.2) is 0 Å². The molecule has 0 spiro atoms. The fourth-order valence-corrected chi connectivity index (χ4v) is 5.68. The standard InChI is InChI=1S/C25H29Cl2F4N3O3S/c1-24(17-3-6-21(26)22(27)14-17,9-12-34-10-7-19(8-11-34)33-38(2,36)37)23(35)32-15-16-13-18(28)4-5-20(16)25(29,30)31/h3-6,13-14,19,33H,7-12,15H2,1-2H3,(H,32,35). The fraction of sp³-hybridized carbons (Fsp3) is 0.480. The van der Waals surface area contributed by atoms with Gasteiger partial charge in [0.05, 0.1) is 27.3 Å². The van der Waals surface area contributed by atoms with Gasteiger partial charge in [-0.05, 0) is 87.3 Å². The maximum atomic E-state index is 13.7. The monoisotopic (exact) mass is 597 g/mol. The highest BCUT2D eigenvalue weighted by molar-refractivity contribution is 7.88. The lowest BCUT2D eigenvalue weighted by molar-refractivity contribution is -0.138. The van der Waals surface area contributed by atoms with Gasteiger partial charge in [-0.15, -0.1) is 0 Å². The van der Waals surface area contributed by atoms with Gasteiger partial charge in [-0.3, -0.25) is 4.79 Å². The molecule has 2 aromatic carbocycles. The highest BCUT2D eigenvalue weighted by Gasteiger charge is 2.38. The third-order valence-corrected chi connectivity index (χ3v) is 8.27. The molecule has 1 heterocycles. The predicted molar refractivity (Wildman–Crippen MR) is 139 cm³/mol. The van der Waals surface area contributed by atoms with Gasteiger partial charge in [0.25, 0.3) is 0 Å². The van der Waals surface area contributed by atoms with E-state index in [9.17, 15) is 30.8 Å². The molecule has 0 radical (unpaired) electrons. The number of likely N-dealkylation sites (tertiary alicyclic amines) is 1. The molecule has 0 aromatic heterocycles. The largest absolute Gasteiger partial charge is 0.416 e. The average molecular weight is 598 g/mol. The van der Waals surface area contributed by atoms with Crippen molar-refractivity contribution in [3.63, 3.8) is 0 Å². The summed E-state index contributed by atoms with van der Waals surface area (Å²) in [6.45, 7) is 2.81. The SMILES string of the molecule is CC(CCN1CCC(NS(C)(=O)=O)CC1)(C(=O)NCc1cc(F)ccc1C(F)(F)F)c1ccc(Cl)c(Cl)c1. The number of carbonyl (C=O) groups is 1. The number of benzene rings is 2. The molecule has 210 valence electrons. The van der Waals surface area contributed by atoms with Crippen LogP contribution < -0.4 is 10.0 Å². The number of nitrogens with one attached hydrogen (secondary N) is 2. The number of carbonyl (C=O) groups excluding carboxylic acids is 1. The van der Waals surface area contributed by atoms with Crippen LogP contribution in [0.1, 0.15) is 42.9 Å². The van der Waals surface area contributed by atoms with Crippen molar-refractivity contribution < 1.29 is 30.8 Å². The first-order valence-electron chi connectivity index (χ1n) is 11.9. The van der Waals surface area contributed by atoms with Crippen molar-refractivity contribution in [1.82, 2.24) is 14.9 Å². The van der Waals surface area contributed by atoms with E-state index < -0.39 is 45.4 Å². The van der Waals surface area contributed by atoms with Crippen LogP contribution in [-0.2, 0) is 33.0 Å². The summed E-state index contributed by atoms with van der Waals surface area (Å²) in [6.07, 6.45) is -2.11. The molecule has 2 N–H and O–H groups in total. The number of hydrogen-bond acceptors (Lipinski definition) is 4. The minimum absolute atomic E-state index is 0.167. The minimum Gasteiger partial charge on any atom is -0.351 e. The van der Waals surface area contributed by atoms with Crippen LogP contribution in [0, 0.1) is 5.82 Å². The number of hydrogen-bond donors (Lipinski definition) is 2. The van der Waals surface area contributed by atoms with Gasteiger partial charge >= 0.3 is 6.18 Å². The molecule has 1 atom stereocenters. The van der Waals surface area contributed by atoms with E-state index in [1.54, 1.807) is 25.1 Å².